The van der Waals surface area contributed by atoms with Crippen LogP contribution in [-0.4, -0.2) is 49.5 Å². The van der Waals surface area contributed by atoms with Crippen molar-refractivity contribution < 1.29 is 22.7 Å². The van der Waals surface area contributed by atoms with Gasteiger partial charge in [-0.05, 0) is 18.3 Å². The molecule has 0 aromatic rings. The Labute approximate surface area is 108 Å². The highest BCUT2D eigenvalue weighted by atomic mass is 32.2. The van der Waals surface area contributed by atoms with E-state index in [2.05, 4.69) is 10.6 Å². The smallest absolute Gasteiger partial charge is 0.379 e. The third kappa shape index (κ3) is 5.45. The second-order valence-electron chi connectivity index (χ2n) is 3.89. The molecule has 1 aliphatic heterocycles. The van der Waals surface area contributed by atoms with Crippen molar-refractivity contribution >= 4 is 17.7 Å². The normalized spacial score (nSPS) is 24.2. The minimum absolute atomic E-state index is 0.0123. The predicted molar refractivity (Wildman–Crippen MR) is 63.3 cm³/mol. The van der Waals surface area contributed by atoms with Crippen molar-refractivity contribution in [3.8, 4) is 0 Å². The van der Waals surface area contributed by atoms with Crippen molar-refractivity contribution in [1.29, 1.82) is 0 Å². The molecule has 0 bridgehead atoms. The summed E-state index contributed by atoms with van der Waals surface area (Å²) in [4.78, 5) is 11.7. The molecular formula is C10H17F3N2O2S. The van der Waals surface area contributed by atoms with E-state index in [0.29, 0.717) is 13.2 Å². The van der Waals surface area contributed by atoms with Crippen LogP contribution in [0, 0.1) is 5.92 Å². The van der Waals surface area contributed by atoms with Gasteiger partial charge in [-0.1, -0.05) is 6.92 Å². The number of likely N-dealkylation sites (N-methyl/N-ethyl adjacent to an activating group) is 1. The highest BCUT2D eigenvalue weighted by molar-refractivity contribution is 8.00. The highest BCUT2D eigenvalue weighted by Crippen LogP contribution is 2.29. The molecule has 1 rings (SSSR count). The molecule has 0 aliphatic carbocycles. The van der Waals surface area contributed by atoms with Crippen molar-refractivity contribution in [2.24, 2.45) is 5.92 Å². The molecule has 1 saturated heterocycles. The number of alkyl halides is 3. The van der Waals surface area contributed by atoms with Gasteiger partial charge in [0, 0.05) is 18.3 Å². The summed E-state index contributed by atoms with van der Waals surface area (Å²) in [6.45, 7) is 3.44. The van der Waals surface area contributed by atoms with Crippen LogP contribution in [0.1, 0.15) is 6.92 Å². The number of carbonyl (C=O) groups excluding carboxylic acids is 1. The lowest BCUT2D eigenvalue weighted by molar-refractivity contribution is -0.125. The Morgan fingerprint density at radius 3 is 2.78 bits per heavy atom. The molecule has 2 atom stereocenters. The topological polar surface area (TPSA) is 50.4 Å². The molecule has 1 fully saturated rings. The summed E-state index contributed by atoms with van der Waals surface area (Å²) in [7, 11) is 0. The first-order valence-corrected chi connectivity index (χ1v) is 6.72. The number of ether oxygens (including phenoxy) is 1. The number of halogens is 3. The quantitative estimate of drug-likeness (QED) is 0.715. The van der Waals surface area contributed by atoms with E-state index in [1.54, 1.807) is 0 Å². The van der Waals surface area contributed by atoms with Crippen LogP contribution in [0.5, 0.6) is 0 Å². The van der Waals surface area contributed by atoms with Gasteiger partial charge in [0.15, 0.2) is 0 Å². The molecule has 4 nitrogen and oxygen atoms in total. The van der Waals surface area contributed by atoms with E-state index >= 15 is 0 Å². The summed E-state index contributed by atoms with van der Waals surface area (Å²) in [5, 5.41) is 5.62. The average Bonchev–Trinajstić information content (AvgIpc) is 2.71. The number of carbonyl (C=O) groups is 1. The van der Waals surface area contributed by atoms with Crippen molar-refractivity contribution in [3.05, 3.63) is 0 Å². The molecule has 0 aromatic heterocycles. The van der Waals surface area contributed by atoms with Crippen molar-refractivity contribution in [3.63, 3.8) is 0 Å². The number of rotatable bonds is 6. The van der Waals surface area contributed by atoms with Crippen LogP contribution in [0.3, 0.4) is 0 Å². The van der Waals surface area contributed by atoms with Gasteiger partial charge < -0.3 is 15.4 Å². The zero-order chi connectivity index (χ0) is 13.6. The van der Waals surface area contributed by atoms with Crippen molar-refractivity contribution in [2.75, 3.05) is 32.1 Å². The summed E-state index contributed by atoms with van der Waals surface area (Å²) in [5.41, 5.74) is -4.24. The Balaban J connectivity index is 2.23. The Morgan fingerprint density at radius 2 is 2.17 bits per heavy atom. The number of nitrogens with one attached hydrogen (secondary N) is 2. The highest BCUT2D eigenvalue weighted by Gasteiger charge is 2.33. The van der Waals surface area contributed by atoms with E-state index in [4.69, 9.17) is 4.74 Å². The molecule has 18 heavy (non-hydrogen) atoms. The van der Waals surface area contributed by atoms with Gasteiger partial charge in [0.05, 0.1) is 19.1 Å². The molecule has 1 aliphatic rings. The van der Waals surface area contributed by atoms with Gasteiger partial charge in [0.1, 0.15) is 0 Å². The van der Waals surface area contributed by atoms with Gasteiger partial charge in [-0.25, -0.2) is 0 Å². The summed E-state index contributed by atoms with van der Waals surface area (Å²) in [5.74, 6) is -0.739. The predicted octanol–water partition coefficient (Wildman–Crippen LogP) is 0.980. The molecule has 0 saturated carbocycles. The van der Waals surface area contributed by atoms with Gasteiger partial charge in [0.2, 0.25) is 5.91 Å². The molecule has 1 heterocycles. The van der Waals surface area contributed by atoms with E-state index in [1.165, 1.54) is 0 Å². The molecular weight excluding hydrogens is 269 g/mol. The minimum atomic E-state index is -4.24. The fourth-order valence-corrected chi connectivity index (χ4v) is 2.18. The van der Waals surface area contributed by atoms with E-state index in [9.17, 15) is 18.0 Å². The molecule has 2 N–H and O–H groups in total. The van der Waals surface area contributed by atoms with Crippen LogP contribution in [0.25, 0.3) is 0 Å². The third-order valence-corrected chi connectivity index (χ3v) is 3.29. The Bertz CT molecular complexity index is 276. The molecule has 8 heteroatoms. The zero-order valence-corrected chi connectivity index (χ0v) is 10.9. The first kappa shape index (κ1) is 15.6. The molecule has 1 amide bonds. The lowest BCUT2D eigenvalue weighted by Gasteiger charge is -2.17. The second kappa shape index (κ2) is 7.20. The first-order valence-electron chi connectivity index (χ1n) is 5.73. The largest absolute Gasteiger partial charge is 0.441 e. The van der Waals surface area contributed by atoms with Gasteiger partial charge in [0.25, 0.3) is 0 Å². The number of hydrogen-bond donors (Lipinski definition) is 2. The second-order valence-corrected chi connectivity index (χ2v) is 5.05. The molecule has 106 valence electrons. The zero-order valence-electron chi connectivity index (χ0n) is 10.0. The summed E-state index contributed by atoms with van der Waals surface area (Å²) >= 11 is -0.132. The van der Waals surface area contributed by atoms with E-state index < -0.39 is 5.51 Å². The SMILES string of the molecule is CCNC1COCC1C(=O)NCCSC(F)(F)F. The number of hydrogen-bond acceptors (Lipinski definition) is 4. The summed E-state index contributed by atoms with van der Waals surface area (Å²) < 4.78 is 40.8. The van der Waals surface area contributed by atoms with Crippen molar-refractivity contribution in [1.82, 2.24) is 10.6 Å². The lowest BCUT2D eigenvalue weighted by atomic mass is 10.0. The van der Waals surface area contributed by atoms with Crippen LogP contribution in [-0.2, 0) is 9.53 Å². The number of thioether (sulfide) groups is 1. The fourth-order valence-electron chi connectivity index (χ4n) is 1.75. The maximum atomic E-state index is 11.9. The van der Waals surface area contributed by atoms with Crippen LogP contribution in [0.15, 0.2) is 0 Å². The maximum absolute atomic E-state index is 11.9. The molecule has 0 radical (unpaired) electrons. The maximum Gasteiger partial charge on any atom is 0.441 e. The monoisotopic (exact) mass is 286 g/mol. The Morgan fingerprint density at radius 1 is 1.44 bits per heavy atom. The fraction of sp³-hybridized carbons (Fsp3) is 0.900. The number of amides is 1. The average molecular weight is 286 g/mol. The summed E-state index contributed by atoms with van der Waals surface area (Å²) in [6, 6.07) is -0.0507. The van der Waals surface area contributed by atoms with Crippen LogP contribution < -0.4 is 10.6 Å². The molecule has 0 aromatic carbocycles. The molecule has 0 spiro atoms. The Kier molecular flexibility index (Phi) is 6.24. The third-order valence-electron chi connectivity index (χ3n) is 2.55. The lowest BCUT2D eigenvalue weighted by Crippen LogP contribution is -2.44. The van der Waals surface area contributed by atoms with Crippen molar-refractivity contribution in [2.45, 2.75) is 18.5 Å². The van der Waals surface area contributed by atoms with E-state index in [1.807, 2.05) is 6.92 Å². The Hall–Kier alpha value is -0.470. The van der Waals surface area contributed by atoms with E-state index in [-0.39, 0.29) is 41.9 Å². The summed E-state index contributed by atoms with van der Waals surface area (Å²) in [6.07, 6.45) is 0. The molecule has 2 unspecified atom stereocenters. The van der Waals surface area contributed by atoms with Crippen LogP contribution >= 0.6 is 11.8 Å². The minimum Gasteiger partial charge on any atom is -0.379 e. The van der Waals surface area contributed by atoms with Gasteiger partial charge >= 0.3 is 5.51 Å². The van der Waals surface area contributed by atoms with Gasteiger partial charge in [-0.15, -0.1) is 0 Å². The first-order chi connectivity index (χ1) is 8.44. The van der Waals surface area contributed by atoms with E-state index in [0.717, 1.165) is 6.54 Å². The standard InChI is InChI=1S/C10H17F3N2O2S/c1-2-14-8-6-17-5-7(8)9(16)15-3-4-18-10(11,12)13/h7-8,14H,2-6H2,1H3,(H,15,16). The van der Waals surface area contributed by atoms with Gasteiger partial charge in [-0.3, -0.25) is 4.79 Å². The van der Waals surface area contributed by atoms with Gasteiger partial charge in [-0.2, -0.15) is 13.2 Å². The van der Waals surface area contributed by atoms with Crippen LogP contribution in [0.2, 0.25) is 0 Å². The van der Waals surface area contributed by atoms with Crippen LogP contribution in [0.4, 0.5) is 13.2 Å².